The molecule has 2 aromatic heterocycles. The van der Waals surface area contributed by atoms with Crippen molar-refractivity contribution >= 4 is 23.4 Å². The fourth-order valence-corrected chi connectivity index (χ4v) is 4.53. The molecule has 0 aliphatic carbocycles. The molecule has 0 unspecified atom stereocenters. The molecule has 2 aromatic carbocycles. The van der Waals surface area contributed by atoms with Crippen LogP contribution in [-0.4, -0.2) is 31.3 Å². The average Bonchev–Trinajstić information content (AvgIpc) is 3.16. The van der Waals surface area contributed by atoms with Crippen LogP contribution >= 0.6 is 23.4 Å². The van der Waals surface area contributed by atoms with E-state index in [1.165, 1.54) is 23.9 Å². The van der Waals surface area contributed by atoms with Crippen molar-refractivity contribution in [3.05, 3.63) is 97.3 Å². The molecule has 4 rings (SSSR count). The lowest BCUT2D eigenvalue weighted by atomic mass is 10.2. The van der Waals surface area contributed by atoms with Gasteiger partial charge in [-0.3, -0.25) is 14.3 Å². The van der Waals surface area contributed by atoms with Crippen molar-refractivity contribution in [1.82, 2.24) is 24.7 Å². The summed E-state index contributed by atoms with van der Waals surface area (Å²) in [6.45, 7) is 2.44. The van der Waals surface area contributed by atoms with Crippen LogP contribution < -0.4 is 16.0 Å². The minimum absolute atomic E-state index is 0.153. The average molecular weight is 488 g/mol. The molecule has 0 atom stereocenters. The van der Waals surface area contributed by atoms with Gasteiger partial charge in [-0.1, -0.05) is 29.4 Å². The fourth-order valence-electron chi connectivity index (χ4n) is 3.22. The number of thioether (sulfide) groups is 1. The van der Waals surface area contributed by atoms with Gasteiger partial charge in [0.2, 0.25) is 0 Å². The van der Waals surface area contributed by atoms with E-state index < -0.39 is 17.1 Å². The maximum Gasteiger partial charge on any atom is 0.325 e. The lowest BCUT2D eigenvalue weighted by molar-refractivity contribution is 0.340. The minimum Gasteiger partial charge on any atom is -0.494 e. The van der Waals surface area contributed by atoms with Gasteiger partial charge in [0, 0.05) is 40.2 Å². The summed E-state index contributed by atoms with van der Waals surface area (Å²) in [5, 5.41) is 9.36. The van der Waals surface area contributed by atoms with Gasteiger partial charge in [-0.15, -0.1) is 10.2 Å². The molecule has 2 N–H and O–H groups in total. The molecule has 2 heterocycles. The predicted octanol–water partition coefficient (Wildman–Crippen LogP) is 3.72. The van der Waals surface area contributed by atoms with Crippen molar-refractivity contribution in [2.75, 3.05) is 6.61 Å². The molecule has 170 valence electrons. The van der Waals surface area contributed by atoms with Crippen molar-refractivity contribution in [1.29, 1.82) is 0 Å². The van der Waals surface area contributed by atoms with Crippen molar-refractivity contribution in [2.24, 2.45) is 0 Å². The number of rotatable bonds is 8. The van der Waals surface area contributed by atoms with Crippen LogP contribution in [0.15, 0.2) is 63.3 Å². The highest BCUT2D eigenvalue weighted by atomic mass is 35.5. The number of ether oxygens (including phenoxy) is 1. The first-order valence-electron chi connectivity index (χ1n) is 10.0. The summed E-state index contributed by atoms with van der Waals surface area (Å²) >= 11 is 7.43. The first-order valence-corrected chi connectivity index (χ1v) is 11.4. The van der Waals surface area contributed by atoms with Crippen LogP contribution in [0.5, 0.6) is 5.75 Å². The standard InChI is InChI=1S/C22H19ClFN5O3S/c1-2-32-15-8-6-14(7-9-15)29-19(10-13-11-20(30)26-21(31)25-13)27-28-22(29)33-12-16-17(23)4-3-5-18(16)24/h3-9,11H,2,10,12H2,1H3,(H2,25,26,30,31). The number of aromatic amines is 2. The lowest BCUT2D eigenvalue weighted by Crippen LogP contribution is -2.23. The molecule has 8 nitrogen and oxygen atoms in total. The molecule has 4 aromatic rings. The van der Waals surface area contributed by atoms with E-state index in [9.17, 15) is 14.0 Å². The Morgan fingerprint density at radius 1 is 1.12 bits per heavy atom. The summed E-state index contributed by atoms with van der Waals surface area (Å²) < 4.78 is 21.5. The number of H-pyrrole nitrogens is 2. The summed E-state index contributed by atoms with van der Waals surface area (Å²) in [7, 11) is 0. The quantitative estimate of drug-likeness (QED) is 0.367. The smallest absolute Gasteiger partial charge is 0.325 e. The van der Waals surface area contributed by atoms with Gasteiger partial charge >= 0.3 is 5.69 Å². The second kappa shape index (κ2) is 10.1. The fraction of sp³-hybridized carbons (Fsp3) is 0.182. The Hall–Kier alpha value is -3.37. The van der Waals surface area contributed by atoms with Crippen molar-refractivity contribution in [3.8, 4) is 11.4 Å². The van der Waals surface area contributed by atoms with E-state index in [1.54, 1.807) is 16.7 Å². The Morgan fingerprint density at radius 3 is 2.61 bits per heavy atom. The van der Waals surface area contributed by atoms with Crippen LogP contribution in [-0.2, 0) is 12.2 Å². The van der Waals surface area contributed by atoms with E-state index in [1.807, 2.05) is 31.2 Å². The molecule has 11 heteroatoms. The lowest BCUT2D eigenvalue weighted by Gasteiger charge is -2.12. The third kappa shape index (κ3) is 5.35. The van der Waals surface area contributed by atoms with Crippen LogP contribution in [0.2, 0.25) is 5.02 Å². The molecular formula is C22H19ClFN5O3S. The number of aromatic nitrogens is 5. The normalized spacial score (nSPS) is 11.0. The van der Waals surface area contributed by atoms with E-state index in [0.717, 1.165) is 5.69 Å². The first-order chi connectivity index (χ1) is 15.9. The molecule has 0 amide bonds. The number of benzene rings is 2. The van der Waals surface area contributed by atoms with Crippen molar-refractivity contribution in [2.45, 2.75) is 24.3 Å². The topological polar surface area (TPSA) is 106 Å². The van der Waals surface area contributed by atoms with Gasteiger partial charge in [-0.2, -0.15) is 0 Å². The van der Waals surface area contributed by atoms with Gasteiger partial charge in [0.05, 0.1) is 6.61 Å². The largest absolute Gasteiger partial charge is 0.494 e. The van der Waals surface area contributed by atoms with Gasteiger partial charge in [-0.05, 0) is 43.3 Å². The number of nitrogens with one attached hydrogen (secondary N) is 2. The second-order valence-electron chi connectivity index (χ2n) is 6.94. The van der Waals surface area contributed by atoms with E-state index >= 15 is 0 Å². The zero-order valence-electron chi connectivity index (χ0n) is 17.5. The summed E-state index contributed by atoms with van der Waals surface area (Å²) in [6.07, 6.45) is 0.153. The van der Waals surface area contributed by atoms with Crippen LogP contribution in [0.25, 0.3) is 5.69 Å². The Morgan fingerprint density at radius 2 is 1.91 bits per heavy atom. The maximum absolute atomic E-state index is 14.2. The second-order valence-corrected chi connectivity index (χ2v) is 8.29. The monoisotopic (exact) mass is 487 g/mol. The third-order valence-corrected chi connectivity index (χ3v) is 5.99. The number of hydrogen-bond donors (Lipinski definition) is 2. The molecule has 0 saturated heterocycles. The zero-order valence-corrected chi connectivity index (χ0v) is 19.0. The molecule has 0 spiro atoms. The third-order valence-electron chi connectivity index (χ3n) is 4.68. The van der Waals surface area contributed by atoms with Crippen molar-refractivity contribution < 1.29 is 9.13 Å². The van der Waals surface area contributed by atoms with E-state index in [4.69, 9.17) is 16.3 Å². The van der Waals surface area contributed by atoms with Crippen LogP contribution in [0.1, 0.15) is 24.0 Å². The zero-order chi connectivity index (χ0) is 23.4. The Bertz CT molecular complexity index is 1340. The molecular weight excluding hydrogens is 469 g/mol. The van der Waals surface area contributed by atoms with Gasteiger partial charge in [0.15, 0.2) is 5.16 Å². The number of halogens is 2. The summed E-state index contributed by atoms with van der Waals surface area (Å²) in [4.78, 5) is 28.1. The van der Waals surface area contributed by atoms with E-state index in [0.29, 0.717) is 39.6 Å². The first kappa shape index (κ1) is 22.8. The van der Waals surface area contributed by atoms with E-state index in [-0.39, 0.29) is 12.2 Å². The van der Waals surface area contributed by atoms with Gasteiger partial charge in [0.1, 0.15) is 17.4 Å². The molecule has 0 saturated carbocycles. The van der Waals surface area contributed by atoms with Crippen LogP contribution in [0, 0.1) is 5.82 Å². The molecule has 0 bridgehead atoms. The molecule has 0 radical (unpaired) electrons. The molecule has 0 aliphatic heterocycles. The number of hydrogen-bond acceptors (Lipinski definition) is 6. The van der Waals surface area contributed by atoms with Gasteiger partial charge in [0.25, 0.3) is 5.56 Å². The Kier molecular flexibility index (Phi) is 6.95. The predicted molar refractivity (Wildman–Crippen MR) is 124 cm³/mol. The Labute approximate surface area is 196 Å². The summed E-state index contributed by atoms with van der Waals surface area (Å²) in [6, 6.07) is 13.2. The van der Waals surface area contributed by atoms with Gasteiger partial charge in [-0.25, -0.2) is 9.18 Å². The number of nitrogens with zero attached hydrogens (tertiary/aromatic N) is 3. The highest BCUT2D eigenvalue weighted by Crippen LogP contribution is 2.30. The van der Waals surface area contributed by atoms with Crippen molar-refractivity contribution in [3.63, 3.8) is 0 Å². The molecule has 0 fully saturated rings. The van der Waals surface area contributed by atoms with Gasteiger partial charge < -0.3 is 9.72 Å². The maximum atomic E-state index is 14.2. The van der Waals surface area contributed by atoms with E-state index in [2.05, 4.69) is 20.2 Å². The minimum atomic E-state index is -0.603. The summed E-state index contributed by atoms with van der Waals surface area (Å²) in [5.74, 6) is 1.04. The summed E-state index contributed by atoms with van der Waals surface area (Å²) in [5.41, 5.74) is 0.383. The molecule has 33 heavy (non-hydrogen) atoms. The Balaban J connectivity index is 1.71. The van der Waals surface area contributed by atoms with Crippen LogP contribution in [0.3, 0.4) is 0 Å². The van der Waals surface area contributed by atoms with Crippen LogP contribution in [0.4, 0.5) is 4.39 Å². The highest BCUT2D eigenvalue weighted by molar-refractivity contribution is 7.98. The SMILES string of the molecule is CCOc1ccc(-n2c(Cc3cc(=O)[nH]c(=O)[nH]3)nnc2SCc2c(F)cccc2Cl)cc1. The molecule has 0 aliphatic rings. The highest BCUT2D eigenvalue weighted by Gasteiger charge is 2.17.